The molecule has 0 aromatic rings. The van der Waals surface area contributed by atoms with Crippen LogP contribution in [0.25, 0.3) is 0 Å². The first-order valence-electron chi connectivity index (χ1n) is 21.3. The molecule has 54 heavy (non-hydrogen) atoms. The summed E-state index contributed by atoms with van der Waals surface area (Å²) in [6.45, 7) is 3.14. The molecule has 4 atom stereocenters. The van der Waals surface area contributed by atoms with Crippen molar-refractivity contribution >= 4 is 19.7 Å². The Bertz CT molecular complexity index is 1040. The fraction of sp³-hybridized carbons (Fsp3) is 0.773. The highest BCUT2D eigenvalue weighted by atomic mass is 31.2. The fourth-order valence-electron chi connectivity index (χ4n) is 6.27. The average Bonchev–Trinajstić information content (AvgIpc) is 3.12. The van der Waals surface area contributed by atoms with Crippen LogP contribution in [-0.2, 0) is 18.6 Å². The Balaban J connectivity index is 5.03. The average molecular weight is 783 g/mol. The van der Waals surface area contributed by atoms with Gasteiger partial charge in [0, 0.05) is 12.8 Å². The molecule has 0 aromatic carbocycles. The standard InChI is InChI=1S/C44H80NO8P/c1-6-8-10-12-14-16-18-20-21-22-23-25-27-29-31-33-35-37-42(49)44(53-54(50,51)52-39-40(47)38-46)43(45(3,4)5)41(48)36-34-32-30-28-26-24-19-17-15-13-11-9-7-2/h14,16,20-21,23,25,29,31,40,43-44,46-47H,6-13,15,17-19,22,24,26-28,30,32-39H2,1-5H3/p+1/b16-14-,21-20-,25-23-,31-29-/t40-,43?,44?/m1/s1. The van der Waals surface area contributed by atoms with Crippen LogP contribution in [0.3, 0.4) is 0 Å². The zero-order valence-electron chi connectivity index (χ0n) is 35.0. The highest BCUT2D eigenvalue weighted by Gasteiger charge is 2.49. The highest BCUT2D eigenvalue weighted by molar-refractivity contribution is 7.52. The van der Waals surface area contributed by atoms with Gasteiger partial charge in [-0.3, -0.25) is 9.59 Å². The van der Waals surface area contributed by atoms with Crippen LogP contribution in [0.2, 0.25) is 0 Å². The van der Waals surface area contributed by atoms with E-state index in [1.807, 2.05) is 12.2 Å². The van der Waals surface area contributed by atoms with Crippen LogP contribution in [0.4, 0.5) is 0 Å². The van der Waals surface area contributed by atoms with Crippen LogP contribution in [0.5, 0.6) is 0 Å². The Kier molecular flexibility index (Phi) is 33.7. The number of likely N-dealkylation sites (N-methyl/N-ethyl adjacent to an activating group) is 1. The fourth-order valence-corrected chi connectivity index (χ4v) is 7.21. The zero-order chi connectivity index (χ0) is 40.3. The lowest BCUT2D eigenvalue weighted by atomic mass is 9.93. The number of carbonyl (C=O) groups excluding carboxylic acids is 2. The summed E-state index contributed by atoms with van der Waals surface area (Å²) in [6, 6.07) is -1.02. The second kappa shape index (κ2) is 34.7. The second-order valence-corrected chi connectivity index (χ2v) is 17.0. The lowest BCUT2D eigenvalue weighted by molar-refractivity contribution is -0.888. The number of carbonyl (C=O) groups is 2. The molecular formula is C44H81NO8P+. The number of aliphatic hydroxyl groups is 2. The number of hydrogen-bond acceptors (Lipinski definition) is 8. The molecule has 0 fully saturated rings. The summed E-state index contributed by atoms with van der Waals surface area (Å²) >= 11 is 0. The molecule has 0 radical (unpaired) electrons. The van der Waals surface area contributed by atoms with Gasteiger partial charge in [-0.25, -0.2) is 0 Å². The maximum atomic E-state index is 13.7. The molecule has 0 saturated heterocycles. The van der Waals surface area contributed by atoms with Crippen LogP contribution >= 0.6 is 8.17 Å². The van der Waals surface area contributed by atoms with E-state index in [0.29, 0.717) is 19.3 Å². The number of phosphoric ester groups is 1. The monoisotopic (exact) mass is 783 g/mol. The van der Waals surface area contributed by atoms with Gasteiger partial charge in [0.25, 0.3) is 0 Å². The van der Waals surface area contributed by atoms with Crippen molar-refractivity contribution in [3.8, 4) is 0 Å². The van der Waals surface area contributed by atoms with E-state index >= 15 is 0 Å². The third-order valence-electron chi connectivity index (χ3n) is 9.43. The number of nitrogens with zero attached hydrogens (tertiary/aromatic N) is 1. The molecule has 0 aliphatic heterocycles. The van der Waals surface area contributed by atoms with E-state index in [0.717, 1.165) is 44.9 Å². The Labute approximate surface area is 331 Å². The largest absolute Gasteiger partial charge is 0.606 e. The minimum Gasteiger partial charge on any atom is -0.606 e. The lowest BCUT2D eigenvalue weighted by Crippen LogP contribution is -2.59. The van der Waals surface area contributed by atoms with Crippen molar-refractivity contribution in [1.82, 2.24) is 0 Å². The SMILES string of the molecule is CCCCC/C=C\C/C=C\C/C=C\C/C=C\CCCC(=O)C(O[P+]([O-])(O)OC[C@H](O)CO)C(C(=O)CCCCCCCCCCCCCCC)[N+](C)(C)C. The molecule has 0 heterocycles. The van der Waals surface area contributed by atoms with E-state index < -0.39 is 45.4 Å². The number of aliphatic hydroxyl groups excluding tert-OH is 2. The van der Waals surface area contributed by atoms with Crippen molar-refractivity contribution in [2.45, 2.75) is 186 Å². The van der Waals surface area contributed by atoms with Gasteiger partial charge < -0.3 is 19.6 Å². The van der Waals surface area contributed by atoms with Crippen LogP contribution in [-0.4, -0.2) is 83.8 Å². The number of phosphoric acid groups is 1. The summed E-state index contributed by atoms with van der Waals surface area (Å²) in [5.74, 6) is -0.636. The molecule has 0 aromatic heterocycles. The molecule has 3 unspecified atom stereocenters. The van der Waals surface area contributed by atoms with Crippen molar-refractivity contribution in [1.29, 1.82) is 0 Å². The van der Waals surface area contributed by atoms with Crippen molar-refractivity contribution in [3.05, 3.63) is 48.6 Å². The number of Topliss-reactive ketones (excluding diaryl/α,β-unsaturated/α-hetero) is 2. The van der Waals surface area contributed by atoms with Gasteiger partial charge >= 0.3 is 8.17 Å². The Hall–Kier alpha value is -1.55. The smallest absolute Gasteiger partial charge is 0.377 e. The molecule has 0 amide bonds. The lowest BCUT2D eigenvalue weighted by Gasteiger charge is -2.37. The van der Waals surface area contributed by atoms with Gasteiger partial charge in [-0.05, 0) is 51.4 Å². The molecule has 314 valence electrons. The number of unbranched alkanes of at least 4 members (excludes halogenated alkanes) is 16. The number of ketones is 2. The first-order valence-corrected chi connectivity index (χ1v) is 22.8. The maximum absolute atomic E-state index is 13.7. The van der Waals surface area contributed by atoms with Crippen molar-refractivity contribution in [3.63, 3.8) is 0 Å². The topological polar surface area (TPSA) is 136 Å². The number of quaternary nitrogens is 1. The minimum absolute atomic E-state index is 0.0319. The summed E-state index contributed by atoms with van der Waals surface area (Å²) in [6.07, 6.45) is 38.7. The van der Waals surface area contributed by atoms with Crippen molar-refractivity contribution in [2.75, 3.05) is 34.4 Å². The Morgan fingerprint density at radius 2 is 1.04 bits per heavy atom. The van der Waals surface area contributed by atoms with Gasteiger partial charge in [-0.15, -0.1) is 0 Å². The predicted octanol–water partition coefficient (Wildman–Crippen LogP) is 9.61. The van der Waals surface area contributed by atoms with E-state index in [4.69, 9.17) is 14.2 Å². The zero-order valence-corrected chi connectivity index (χ0v) is 35.9. The summed E-state index contributed by atoms with van der Waals surface area (Å²) in [5, 5.41) is 18.8. The second-order valence-electron chi connectivity index (χ2n) is 15.6. The number of rotatable bonds is 38. The van der Waals surface area contributed by atoms with Crippen LogP contribution in [0, 0.1) is 0 Å². The molecule has 3 N–H and O–H groups in total. The molecule has 9 nitrogen and oxygen atoms in total. The molecule has 0 aliphatic rings. The Morgan fingerprint density at radius 1 is 0.630 bits per heavy atom. The third-order valence-corrected chi connectivity index (χ3v) is 10.4. The predicted molar refractivity (Wildman–Crippen MR) is 224 cm³/mol. The highest BCUT2D eigenvalue weighted by Crippen LogP contribution is 2.50. The molecule has 0 bridgehead atoms. The van der Waals surface area contributed by atoms with E-state index in [-0.39, 0.29) is 23.1 Å². The first-order chi connectivity index (χ1) is 25.9. The summed E-state index contributed by atoms with van der Waals surface area (Å²) in [5.41, 5.74) is 0. The Morgan fingerprint density at radius 3 is 1.50 bits per heavy atom. The van der Waals surface area contributed by atoms with Gasteiger partial charge in [0.2, 0.25) is 6.10 Å². The normalized spacial score (nSPS) is 15.5. The quantitative estimate of drug-likeness (QED) is 0.0244. The molecule has 0 aliphatic carbocycles. The van der Waals surface area contributed by atoms with Crippen LogP contribution in [0.15, 0.2) is 48.6 Å². The number of allylic oxidation sites excluding steroid dienone is 8. The van der Waals surface area contributed by atoms with Gasteiger partial charge in [0.15, 0.2) is 17.6 Å². The van der Waals surface area contributed by atoms with E-state index in [1.54, 1.807) is 21.1 Å². The van der Waals surface area contributed by atoms with E-state index in [1.165, 1.54) is 77.0 Å². The molecule has 0 spiro atoms. The van der Waals surface area contributed by atoms with Crippen LogP contribution in [0.1, 0.15) is 168 Å². The van der Waals surface area contributed by atoms with Crippen molar-refractivity contribution in [2.24, 2.45) is 0 Å². The molecule has 0 rings (SSSR count). The minimum atomic E-state index is -4.85. The first kappa shape index (κ1) is 52.5. The molecular weight excluding hydrogens is 701 g/mol. The van der Waals surface area contributed by atoms with Gasteiger partial charge in [-0.2, -0.15) is 13.9 Å². The summed E-state index contributed by atoms with van der Waals surface area (Å²) in [7, 11) is 0.460. The molecule has 0 saturated carbocycles. The van der Waals surface area contributed by atoms with Crippen molar-refractivity contribution < 1.29 is 43.1 Å². The van der Waals surface area contributed by atoms with Gasteiger partial charge in [0.05, 0.1) is 27.7 Å². The van der Waals surface area contributed by atoms with Gasteiger partial charge in [-0.1, -0.05) is 152 Å². The van der Waals surface area contributed by atoms with E-state index in [2.05, 4.69) is 50.3 Å². The van der Waals surface area contributed by atoms with Crippen LogP contribution < -0.4 is 4.89 Å². The molecule has 10 heteroatoms. The van der Waals surface area contributed by atoms with Gasteiger partial charge in [0.1, 0.15) is 12.7 Å². The summed E-state index contributed by atoms with van der Waals surface area (Å²) < 4.78 is 10.4. The van der Waals surface area contributed by atoms with E-state index in [9.17, 15) is 24.5 Å². The maximum Gasteiger partial charge on any atom is 0.377 e. The number of hydrogen-bond donors (Lipinski definition) is 3. The third kappa shape index (κ3) is 30.6. The summed E-state index contributed by atoms with van der Waals surface area (Å²) in [4.78, 5) is 50.8.